The number of carbonyl (C=O) groups excluding carboxylic acids is 1. The van der Waals surface area contributed by atoms with Crippen molar-refractivity contribution < 1.29 is 13.2 Å². The summed E-state index contributed by atoms with van der Waals surface area (Å²) in [4.78, 5) is 13.5. The molecule has 43 heavy (non-hydrogen) atoms. The minimum atomic E-state index is -3.89. The molecule has 5 aromatic rings. The summed E-state index contributed by atoms with van der Waals surface area (Å²) in [7, 11) is -3.89. The van der Waals surface area contributed by atoms with E-state index in [0.29, 0.717) is 34.8 Å². The summed E-state index contributed by atoms with van der Waals surface area (Å²) < 4.78 is 29.1. The van der Waals surface area contributed by atoms with Crippen LogP contribution in [-0.2, 0) is 27.9 Å². The Kier molecular flexibility index (Phi) is 8.04. The van der Waals surface area contributed by atoms with Gasteiger partial charge in [0, 0.05) is 35.7 Å². The normalized spacial score (nSPS) is 13.6. The minimum Gasteiger partial charge on any atom is -0.354 e. The number of carbonyl (C=O) groups is 1. The highest BCUT2D eigenvalue weighted by molar-refractivity contribution is 7.92. The van der Waals surface area contributed by atoms with Crippen LogP contribution in [0.4, 0.5) is 17.1 Å². The van der Waals surface area contributed by atoms with Crippen LogP contribution in [0.3, 0.4) is 0 Å². The summed E-state index contributed by atoms with van der Waals surface area (Å²) in [6.45, 7) is 1.49. The average Bonchev–Trinajstić information content (AvgIpc) is 3.36. The van der Waals surface area contributed by atoms with Crippen LogP contribution in [0.25, 0.3) is 11.3 Å². The number of anilines is 3. The molecule has 1 aliphatic rings. The first kappa shape index (κ1) is 28.0. The number of fused-ring (bicyclic) bond motifs is 1. The molecule has 1 amide bonds. The molecule has 4 N–H and O–H groups in total. The molecule has 1 heterocycles. The van der Waals surface area contributed by atoms with Gasteiger partial charge in [-0.2, -0.15) is 0 Å². The first-order chi connectivity index (χ1) is 21.0. The van der Waals surface area contributed by atoms with E-state index < -0.39 is 10.0 Å². The largest absolute Gasteiger partial charge is 0.354 e. The lowest BCUT2D eigenvalue weighted by Gasteiger charge is -2.16. The molecule has 0 spiro atoms. The quantitative estimate of drug-likeness (QED) is 0.136. The van der Waals surface area contributed by atoms with E-state index in [-0.39, 0.29) is 10.8 Å². The van der Waals surface area contributed by atoms with E-state index in [1.807, 2.05) is 78.9 Å². The Bertz CT molecular complexity index is 1880. The second-order valence-electron chi connectivity index (χ2n) is 10.2. The number of hydrogen-bond acceptors (Lipinski definition) is 5. The molecule has 0 unspecified atom stereocenters. The number of hydrogen-bond donors (Lipinski definition) is 4. The van der Waals surface area contributed by atoms with E-state index >= 15 is 0 Å². The predicted molar refractivity (Wildman–Crippen MR) is 173 cm³/mol. The Labute approximate surface area is 251 Å². The maximum absolute atomic E-state index is 13.4. The summed E-state index contributed by atoms with van der Waals surface area (Å²) in [6, 6.07) is 41.2. The molecule has 0 bridgehead atoms. The second-order valence-corrected chi connectivity index (χ2v) is 11.8. The first-order valence-corrected chi connectivity index (χ1v) is 15.4. The lowest BCUT2D eigenvalue weighted by Crippen LogP contribution is -2.13. The Hall–Kier alpha value is -5.18. The van der Waals surface area contributed by atoms with Gasteiger partial charge >= 0.3 is 0 Å². The van der Waals surface area contributed by atoms with Crippen molar-refractivity contribution in [3.05, 3.63) is 156 Å². The molecule has 7 nitrogen and oxygen atoms in total. The van der Waals surface area contributed by atoms with Gasteiger partial charge in [0.25, 0.3) is 15.9 Å². The molecule has 0 saturated heterocycles. The summed E-state index contributed by atoms with van der Waals surface area (Å²) in [6.07, 6.45) is 0. The van der Waals surface area contributed by atoms with Crippen molar-refractivity contribution in [2.75, 3.05) is 15.4 Å². The summed E-state index contributed by atoms with van der Waals surface area (Å²) >= 11 is 0. The van der Waals surface area contributed by atoms with E-state index in [9.17, 15) is 13.2 Å². The van der Waals surface area contributed by atoms with Crippen molar-refractivity contribution in [1.29, 1.82) is 0 Å². The highest BCUT2D eigenvalue weighted by Gasteiger charge is 2.30. The van der Waals surface area contributed by atoms with E-state index in [2.05, 4.69) is 32.8 Å². The van der Waals surface area contributed by atoms with Crippen molar-refractivity contribution in [2.24, 2.45) is 0 Å². The molecular weight excluding hydrogens is 556 g/mol. The van der Waals surface area contributed by atoms with E-state index in [1.54, 1.807) is 36.4 Å². The van der Waals surface area contributed by atoms with Crippen molar-refractivity contribution in [3.63, 3.8) is 0 Å². The SMILES string of the molecule is O=C1Nc2ccc(S(=O)(=O)Nc3ccccc3)cc2C1=C(Nc1ccc(CNCc2ccccc2)cc1)c1ccccc1. The van der Waals surface area contributed by atoms with Gasteiger partial charge in [-0.25, -0.2) is 8.42 Å². The molecule has 0 atom stereocenters. The van der Waals surface area contributed by atoms with Crippen LogP contribution in [0.1, 0.15) is 22.3 Å². The molecule has 1 aliphatic heterocycles. The number of para-hydroxylation sites is 1. The van der Waals surface area contributed by atoms with Gasteiger partial charge in [0.05, 0.1) is 16.2 Å². The zero-order valence-electron chi connectivity index (χ0n) is 23.2. The van der Waals surface area contributed by atoms with Crippen molar-refractivity contribution in [1.82, 2.24) is 5.32 Å². The molecule has 0 saturated carbocycles. The molecule has 8 heteroatoms. The zero-order chi connectivity index (χ0) is 29.6. The third kappa shape index (κ3) is 6.51. The molecule has 0 radical (unpaired) electrons. The Morgan fingerprint density at radius 1 is 0.651 bits per heavy atom. The van der Waals surface area contributed by atoms with Gasteiger partial charge in [-0.3, -0.25) is 9.52 Å². The minimum absolute atomic E-state index is 0.0591. The van der Waals surface area contributed by atoms with Crippen LogP contribution in [-0.4, -0.2) is 14.3 Å². The van der Waals surface area contributed by atoms with Crippen molar-refractivity contribution >= 4 is 44.3 Å². The molecule has 0 aromatic heterocycles. The number of benzene rings is 5. The summed E-state index contributed by atoms with van der Waals surface area (Å²) in [5.74, 6) is -0.311. The van der Waals surface area contributed by atoms with Crippen LogP contribution in [0, 0.1) is 0 Å². The van der Waals surface area contributed by atoms with Gasteiger partial charge in [-0.1, -0.05) is 91.0 Å². The second kappa shape index (κ2) is 12.4. The molecule has 0 fully saturated rings. The third-order valence-electron chi connectivity index (χ3n) is 7.11. The molecule has 214 valence electrons. The van der Waals surface area contributed by atoms with Crippen molar-refractivity contribution in [2.45, 2.75) is 18.0 Å². The van der Waals surface area contributed by atoms with Crippen LogP contribution in [0.5, 0.6) is 0 Å². The molecular formula is C35H30N4O3S. The van der Waals surface area contributed by atoms with Gasteiger partial charge in [-0.15, -0.1) is 0 Å². The number of sulfonamides is 1. The molecule has 6 rings (SSSR count). The standard InChI is InChI=1S/C35H30N4O3S/c40-35-33(31-22-30(20-21-32(31)38-35)43(41,42)39-29-14-8-3-9-15-29)34(27-12-6-2-7-13-27)37-28-18-16-26(17-19-28)24-36-23-25-10-4-1-5-11-25/h1-22,36-37,39H,23-24H2,(H,38,40). The van der Waals surface area contributed by atoms with Gasteiger partial charge in [0.1, 0.15) is 0 Å². The highest BCUT2D eigenvalue weighted by atomic mass is 32.2. The van der Waals surface area contributed by atoms with Gasteiger partial charge in [0.15, 0.2) is 0 Å². The van der Waals surface area contributed by atoms with Gasteiger partial charge in [0.2, 0.25) is 0 Å². The van der Waals surface area contributed by atoms with E-state index in [4.69, 9.17) is 0 Å². The highest BCUT2D eigenvalue weighted by Crippen LogP contribution is 2.39. The van der Waals surface area contributed by atoms with Crippen LogP contribution < -0.4 is 20.7 Å². The average molecular weight is 587 g/mol. The monoisotopic (exact) mass is 586 g/mol. The number of rotatable bonds is 10. The smallest absolute Gasteiger partial charge is 0.261 e. The van der Waals surface area contributed by atoms with Gasteiger partial charge < -0.3 is 16.0 Å². The topological polar surface area (TPSA) is 99.3 Å². The molecule has 5 aromatic carbocycles. The number of nitrogens with one attached hydrogen (secondary N) is 4. The Morgan fingerprint density at radius 2 is 1.26 bits per heavy atom. The fourth-order valence-electron chi connectivity index (χ4n) is 4.96. The Morgan fingerprint density at radius 3 is 1.93 bits per heavy atom. The van der Waals surface area contributed by atoms with Crippen molar-refractivity contribution in [3.8, 4) is 0 Å². The maximum Gasteiger partial charge on any atom is 0.261 e. The van der Waals surface area contributed by atoms with Gasteiger partial charge in [-0.05, 0) is 59.2 Å². The van der Waals surface area contributed by atoms with Crippen LogP contribution in [0.2, 0.25) is 0 Å². The zero-order valence-corrected chi connectivity index (χ0v) is 24.1. The Balaban J connectivity index is 1.30. The van der Waals surface area contributed by atoms with Crippen LogP contribution >= 0.6 is 0 Å². The fraction of sp³-hybridized carbons (Fsp3) is 0.0571. The lowest BCUT2D eigenvalue weighted by atomic mass is 10.00. The van der Waals surface area contributed by atoms with E-state index in [1.165, 1.54) is 11.6 Å². The fourth-order valence-corrected chi connectivity index (χ4v) is 6.05. The van der Waals surface area contributed by atoms with E-state index in [0.717, 1.165) is 23.4 Å². The maximum atomic E-state index is 13.4. The lowest BCUT2D eigenvalue weighted by molar-refractivity contribution is -0.110. The predicted octanol–water partition coefficient (Wildman–Crippen LogP) is 6.71. The third-order valence-corrected chi connectivity index (χ3v) is 8.49. The number of amides is 1. The summed E-state index contributed by atoms with van der Waals surface area (Å²) in [5, 5.41) is 9.81. The first-order valence-electron chi connectivity index (χ1n) is 13.9. The molecule has 0 aliphatic carbocycles. The van der Waals surface area contributed by atoms with Crippen LogP contribution in [0.15, 0.2) is 138 Å². The summed E-state index contributed by atoms with van der Waals surface area (Å²) in [5.41, 5.74) is 6.41.